The van der Waals surface area contributed by atoms with Crippen LogP contribution in [-0.4, -0.2) is 27.7 Å². The van der Waals surface area contributed by atoms with E-state index in [-0.39, 0.29) is 13.0 Å². The molecule has 0 amide bonds. The quantitative estimate of drug-likeness (QED) is 0.468. The van der Waals surface area contributed by atoms with E-state index in [9.17, 15) is 0 Å². The minimum atomic E-state index is -1.57. The Balaban J connectivity index is 3.33. The Hall–Kier alpha value is -0.120. The molecule has 3 N–H and O–H groups in total. The number of hydrogen-bond acceptors (Lipinski definition) is 3. The Kier molecular flexibility index (Phi) is 3.77. The number of hydrogen-bond donors (Lipinski definition) is 3. The molecule has 0 aliphatic carbocycles. The molecule has 0 spiro atoms. The molecule has 0 heterocycles. The van der Waals surface area contributed by atoms with Crippen molar-refractivity contribution in [1.82, 2.24) is 0 Å². The summed E-state index contributed by atoms with van der Waals surface area (Å²) in [5, 5.41) is 26.1. The van der Waals surface area contributed by atoms with Crippen molar-refractivity contribution >= 4 is 0 Å². The third-order valence-electron chi connectivity index (χ3n) is 1.30. The van der Waals surface area contributed by atoms with Crippen LogP contribution >= 0.6 is 0 Å². The highest BCUT2D eigenvalue weighted by molar-refractivity contribution is 4.60. The first kappa shape index (κ1) is 8.88. The zero-order chi connectivity index (χ0) is 7.33. The normalized spacial score (nSPS) is 12.0. The van der Waals surface area contributed by atoms with Gasteiger partial charge in [0.25, 0.3) is 0 Å². The number of aliphatic hydroxyl groups excluding tert-OH is 1. The highest BCUT2D eigenvalue weighted by Gasteiger charge is 2.18. The Morgan fingerprint density at radius 1 is 1.33 bits per heavy atom. The van der Waals surface area contributed by atoms with Crippen LogP contribution in [0, 0.1) is 0 Å². The summed E-state index contributed by atoms with van der Waals surface area (Å²) < 4.78 is 0. The third kappa shape index (κ3) is 4.39. The van der Waals surface area contributed by atoms with Crippen LogP contribution in [0.25, 0.3) is 0 Å². The average Bonchev–Trinajstić information content (AvgIpc) is 1.84. The summed E-state index contributed by atoms with van der Waals surface area (Å²) >= 11 is 0. The summed E-state index contributed by atoms with van der Waals surface area (Å²) in [6, 6.07) is 0. The molecular formula is C6H14O3. The van der Waals surface area contributed by atoms with Crippen molar-refractivity contribution in [3.8, 4) is 0 Å². The lowest BCUT2D eigenvalue weighted by molar-refractivity contribution is -0.168. The zero-order valence-corrected chi connectivity index (χ0v) is 5.67. The minimum absolute atomic E-state index is 0.0167. The molecule has 0 atom stereocenters. The molecule has 56 valence electrons. The summed E-state index contributed by atoms with van der Waals surface area (Å²) in [7, 11) is 0. The lowest BCUT2D eigenvalue weighted by atomic mass is 10.1. The summed E-state index contributed by atoms with van der Waals surface area (Å²) in [6.45, 7) is 1.71. The van der Waals surface area contributed by atoms with E-state index in [0.29, 0.717) is 12.8 Å². The fourth-order valence-electron chi connectivity index (χ4n) is 0.539. The Morgan fingerprint density at radius 2 is 1.89 bits per heavy atom. The van der Waals surface area contributed by atoms with E-state index in [1.807, 2.05) is 0 Å². The maximum Gasteiger partial charge on any atom is 0.162 e. The second-order valence-corrected chi connectivity index (χ2v) is 2.16. The van der Waals surface area contributed by atoms with Gasteiger partial charge in [0.15, 0.2) is 5.79 Å². The van der Waals surface area contributed by atoms with Crippen molar-refractivity contribution < 1.29 is 15.3 Å². The summed E-state index contributed by atoms with van der Waals surface area (Å²) in [6.07, 6.45) is 1.01. The maximum absolute atomic E-state index is 8.90. The molecule has 9 heavy (non-hydrogen) atoms. The molecule has 0 aromatic rings. The summed E-state index contributed by atoms with van der Waals surface area (Å²) in [5.41, 5.74) is 0. The van der Waals surface area contributed by atoms with Crippen LogP contribution in [0.15, 0.2) is 0 Å². The molecule has 0 aliphatic rings. The first-order valence-corrected chi connectivity index (χ1v) is 3.18. The van der Waals surface area contributed by atoms with Crippen molar-refractivity contribution in [3.63, 3.8) is 0 Å². The van der Waals surface area contributed by atoms with Gasteiger partial charge in [-0.1, -0.05) is 6.92 Å². The molecule has 0 aromatic heterocycles. The van der Waals surface area contributed by atoms with Gasteiger partial charge in [-0.05, 0) is 12.8 Å². The Bertz CT molecular complexity index is 70.7. The molecule has 0 aliphatic heterocycles. The second kappa shape index (κ2) is 3.82. The van der Waals surface area contributed by atoms with E-state index < -0.39 is 5.79 Å². The van der Waals surface area contributed by atoms with E-state index in [4.69, 9.17) is 15.3 Å². The largest absolute Gasteiger partial charge is 0.396 e. The Labute approximate surface area is 54.9 Å². The van der Waals surface area contributed by atoms with Crippen LogP contribution in [0.3, 0.4) is 0 Å². The lowest BCUT2D eigenvalue weighted by Crippen LogP contribution is -2.26. The molecule has 0 unspecified atom stereocenters. The molecular weight excluding hydrogens is 120 g/mol. The maximum atomic E-state index is 8.90. The highest BCUT2D eigenvalue weighted by atomic mass is 16.5. The Morgan fingerprint density at radius 3 is 2.22 bits per heavy atom. The standard InChI is InChI=1S/C6H14O3/c1-2-6(8,9)4-3-5-7/h7-9H,2-5H2,1H3. The third-order valence-corrected chi connectivity index (χ3v) is 1.30. The van der Waals surface area contributed by atoms with E-state index >= 15 is 0 Å². The first-order chi connectivity index (χ1) is 4.12. The SMILES string of the molecule is CCC(O)(O)CCCO. The van der Waals surface area contributed by atoms with Crippen LogP contribution in [-0.2, 0) is 0 Å². The molecule has 0 aromatic carbocycles. The predicted molar refractivity (Wildman–Crippen MR) is 33.8 cm³/mol. The highest BCUT2D eigenvalue weighted by Crippen LogP contribution is 2.11. The van der Waals surface area contributed by atoms with Gasteiger partial charge in [-0.25, -0.2) is 0 Å². The molecule has 0 rings (SSSR count). The molecule has 0 radical (unpaired) electrons. The summed E-state index contributed by atoms with van der Waals surface area (Å²) in [5.74, 6) is -1.57. The molecule has 0 saturated heterocycles. The first-order valence-electron chi connectivity index (χ1n) is 3.18. The van der Waals surface area contributed by atoms with Crippen molar-refractivity contribution in [2.75, 3.05) is 6.61 Å². The van der Waals surface area contributed by atoms with Gasteiger partial charge in [0.05, 0.1) is 0 Å². The molecule has 0 fully saturated rings. The molecule has 0 saturated carbocycles. The van der Waals surface area contributed by atoms with Crippen molar-refractivity contribution in [1.29, 1.82) is 0 Å². The van der Waals surface area contributed by atoms with Crippen molar-refractivity contribution in [2.45, 2.75) is 32.0 Å². The fraction of sp³-hybridized carbons (Fsp3) is 1.00. The molecule has 3 heteroatoms. The number of rotatable bonds is 4. The van der Waals surface area contributed by atoms with Gasteiger partial charge in [-0.2, -0.15) is 0 Å². The van der Waals surface area contributed by atoms with Crippen LogP contribution in [0.4, 0.5) is 0 Å². The zero-order valence-electron chi connectivity index (χ0n) is 5.67. The minimum Gasteiger partial charge on any atom is -0.396 e. The van der Waals surface area contributed by atoms with Gasteiger partial charge in [0.1, 0.15) is 0 Å². The van der Waals surface area contributed by atoms with Gasteiger partial charge >= 0.3 is 0 Å². The lowest BCUT2D eigenvalue weighted by Gasteiger charge is -2.18. The van der Waals surface area contributed by atoms with E-state index in [2.05, 4.69) is 0 Å². The fourth-order valence-corrected chi connectivity index (χ4v) is 0.539. The van der Waals surface area contributed by atoms with E-state index in [1.165, 1.54) is 0 Å². The van der Waals surface area contributed by atoms with Crippen molar-refractivity contribution in [3.05, 3.63) is 0 Å². The van der Waals surface area contributed by atoms with Crippen LogP contribution in [0.1, 0.15) is 26.2 Å². The van der Waals surface area contributed by atoms with Gasteiger partial charge in [-0.15, -0.1) is 0 Å². The second-order valence-electron chi connectivity index (χ2n) is 2.16. The van der Waals surface area contributed by atoms with Crippen LogP contribution in [0.2, 0.25) is 0 Å². The summed E-state index contributed by atoms with van der Waals surface area (Å²) in [4.78, 5) is 0. The van der Waals surface area contributed by atoms with Gasteiger partial charge in [0, 0.05) is 13.0 Å². The van der Waals surface area contributed by atoms with E-state index in [1.54, 1.807) is 6.92 Å². The van der Waals surface area contributed by atoms with Gasteiger partial charge < -0.3 is 15.3 Å². The van der Waals surface area contributed by atoms with Crippen LogP contribution < -0.4 is 0 Å². The van der Waals surface area contributed by atoms with Crippen molar-refractivity contribution in [2.24, 2.45) is 0 Å². The van der Waals surface area contributed by atoms with Gasteiger partial charge in [0.2, 0.25) is 0 Å². The topological polar surface area (TPSA) is 60.7 Å². The van der Waals surface area contributed by atoms with E-state index in [0.717, 1.165) is 0 Å². The molecule has 3 nitrogen and oxygen atoms in total. The number of aliphatic hydroxyl groups is 3. The average molecular weight is 134 g/mol. The predicted octanol–water partition coefficient (Wildman–Crippen LogP) is -0.150. The monoisotopic (exact) mass is 134 g/mol. The van der Waals surface area contributed by atoms with Crippen LogP contribution in [0.5, 0.6) is 0 Å². The smallest absolute Gasteiger partial charge is 0.162 e. The van der Waals surface area contributed by atoms with Gasteiger partial charge in [-0.3, -0.25) is 0 Å². The molecule has 0 bridgehead atoms.